The second-order valence-electron chi connectivity index (χ2n) is 2.46. The normalized spacial score (nSPS) is 7.50. The molecule has 0 spiro atoms. The zero-order valence-corrected chi connectivity index (χ0v) is 8.89. The fraction of sp³-hybridized carbons (Fsp3) is 1.00. The number of hydrogen-bond donors (Lipinski definition) is 0. The Morgan fingerprint density at radius 3 is 1.86 bits per heavy atom. The van der Waals surface area contributed by atoms with Crippen molar-refractivity contribution in [3.05, 3.63) is 0 Å². The van der Waals surface area contributed by atoms with Crippen LogP contribution in [0.4, 0.5) is 0 Å². The Morgan fingerprint density at radius 1 is 0.857 bits per heavy atom. The maximum atomic E-state index is 5.01. The van der Waals surface area contributed by atoms with E-state index in [0.29, 0.717) is 6.61 Å². The molecule has 0 aliphatic rings. The first kappa shape index (κ1) is 14.5. The van der Waals surface area contributed by atoms with E-state index in [1.165, 1.54) is 0 Å². The van der Waals surface area contributed by atoms with Crippen LogP contribution in [0.1, 0.15) is 6.92 Å². The van der Waals surface area contributed by atoms with Crippen molar-refractivity contribution in [2.75, 3.05) is 6.61 Å². The molecule has 0 aromatic carbocycles. The van der Waals surface area contributed by atoms with E-state index < -0.39 is 0 Å². The summed E-state index contributed by atoms with van der Waals surface area (Å²) in [5, 5.41) is 0. The summed E-state index contributed by atoms with van der Waals surface area (Å²) in [5.74, 6) is 0. The van der Waals surface area contributed by atoms with Gasteiger partial charge >= 0.3 is 93.2 Å². The Morgan fingerprint density at radius 2 is 1.36 bits per heavy atom. The molecule has 0 fully saturated rings. The van der Waals surface area contributed by atoms with E-state index in [4.69, 9.17) is 4.65 Å². The van der Waals surface area contributed by atoms with Gasteiger partial charge in [-0.2, -0.15) is 0 Å². The summed E-state index contributed by atoms with van der Waals surface area (Å²) >= 11 is 0. The van der Waals surface area contributed by atoms with Crippen molar-refractivity contribution in [1.82, 2.24) is 0 Å². The first-order chi connectivity index (χ1) is 6.91. The molecular weight excluding hydrogens is 159 g/mol. The van der Waals surface area contributed by atoms with Crippen molar-refractivity contribution in [3.8, 4) is 0 Å². The SMILES string of the molecule is BB=BB=BB=BB=BB=BOCC. The van der Waals surface area contributed by atoms with Gasteiger partial charge in [-0.1, -0.05) is 0 Å². The quantitative estimate of drug-likeness (QED) is 0.363. The minimum atomic E-state index is 0.715. The van der Waals surface area contributed by atoms with Gasteiger partial charge in [0.05, 0.1) is 0 Å². The van der Waals surface area contributed by atoms with Crippen LogP contribution >= 0.6 is 0 Å². The molecule has 0 rings (SSSR count). The molecule has 0 amide bonds. The van der Waals surface area contributed by atoms with Gasteiger partial charge in [0.25, 0.3) is 0 Å². The molecule has 0 atom stereocenters. The maximum absolute atomic E-state index is 5.01. The Bertz CT molecular complexity index is 250. The van der Waals surface area contributed by atoms with Crippen LogP contribution in [0.5, 0.6) is 0 Å². The minimum absolute atomic E-state index is 0.715. The summed E-state index contributed by atoms with van der Waals surface area (Å²) in [6, 6.07) is 0. The van der Waals surface area contributed by atoms with Gasteiger partial charge in [-0.15, -0.1) is 0 Å². The third kappa shape index (κ3) is 12.5. The van der Waals surface area contributed by atoms with Gasteiger partial charge < -0.3 is 0 Å². The van der Waals surface area contributed by atoms with Crippen molar-refractivity contribution >= 4 is 75.0 Å². The molecule has 0 N–H and O–H groups in total. The Labute approximate surface area is 93.4 Å². The van der Waals surface area contributed by atoms with Gasteiger partial charge in [-0.25, -0.2) is 0 Å². The van der Waals surface area contributed by atoms with Crippen LogP contribution in [0, 0.1) is 0 Å². The van der Waals surface area contributed by atoms with Gasteiger partial charge in [0.1, 0.15) is 0 Å². The van der Waals surface area contributed by atoms with Gasteiger partial charge in [0.15, 0.2) is 0 Å². The van der Waals surface area contributed by atoms with Crippen LogP contribution in [0.3, 0.4) is 0 Å². The average molecular weight is 166 g/mol. The van der Waals surface area contributed by atoms with Crippen LogP contribution in [0.15, 0.2) is 0 Å². The molecule has 0 aromatic rings. The predicted octanol–water partition coefficient (Wildman–Crippen LogP) is -4.24. The molecule has 0 radical (unpaired) electrons. The van der Waals surface area contributed by atoms with Gasteiger partial charge in [0.2, 0.25) is 0 Å². The second kappa shape index (κ2) is 13.5. The van der Waals surface area contributed by atoms with Crippen LogP contribution < -0.4 is 0 Å². The van der Waals surface area contributed by atoms with Gasteiger partial charge in [-0.05, 0) is 0 Å². The average Bonchev–Trinajstić information content (AvgIpc) is 2.21. The number of rotatable bonds is 6. The van der Waals surface area contributed by atoms with E-state index in [1.54, 1.807) is 7.00 Å². The monoisotopic (exact) mass is 168 g/mol. The summed E-state index contributed by atoms with van der Waals surface area (Å²) in [6.45, 7) is 20.3. The zero-order chi connectivity index (χ0) is 10.5. The predicted molar refractivity (Wildman–Crippen MR) is 77.7 cm³/mol. The molecule has 54 valence electrons. The van der Waals surface area contributed by atoms with Crippen LogP contribution in [0.2, 0.25) is 0 Å². The van der Waals surface area contributed by atoms with E-state index in [9.17, 15) is 0 Å². The van der Waals surface area contributed by atoms with Crippen molar-refractivity contribution in [3.63, 3.8) is 0 Å². The van der Waals surface area contributed by atoms with Crippen LogP contribution in [0.25, 0.3) is 0 Å². The van der Waals surface area contributed by atoms with E-state index in [0.717, 1.165) is 0 Å². The third-order valence-corrected chi connectivity index (χ3v) is 1.31. The zero-order valence-electron chi connectivity index (χ0n) is 8.89. The van der Waals surface area contributed by atoms with E-state index in [-0.39, 0.29) is 0 Å². The molecule has 0 aromatic heterocycles. The molecule has 0 saturated heterocycles. The Kier molecular flexibility index (Phi) is 14.0. The molecule has 0 aliphatic carbocycles. The standard InChI is InChI=1S/C2H7B11O/c1-2-14-13-12-11-10-9-8-7-6-5-4-3/h2-3H2,1H3. The second-order valence-corrected chi connectivity index (χ2v) is 2.46. The van der Waals surface area contributed by atoms with Crippen molar-refractivity contribution in [1.29, 1.82) is 0 Å². The Balaban J connectivity index is 3.60. The van der Waals surface area contributed by atoms with Crippen LogP contribution in [-0.2, 0) is 4.65 Å². The van der Waals surface area contributed by atoms with Crippen molar-refractivity contribution in [2.24, 2.45) is 0 Å². The molecule has 0 heterocycles. The topological polar surface area (TPSA) is 9.23 Å². The first-order valence-corrected chi connectivity index (χ1v) is 4.81. The summed E-state index contributed by atoms with van der Waals surface area (Å²) in [7, 11) is 3.67. The molecule has 0 saturated carbocycles. The molecular formula is C2H7B11O. The van der Waals surface area contributed by atoms with Gasteiger partial charge in [0, 0.05) is 0 Å². The Hall–Kier alpha value is 0.514. The van der Waals surface area contributed by atoms with E-state index in [1.807, 2.05) is 74.9 Å². The molecule has 14 heavy (non-hydrogen) atoms. The molecule has 0 unspecified atom stereocenters. The molecule has 0 aliphatic heterocycles. The fourth-order valence-corrected chi connectivity index (χ4v) is 0.693. The summed E-state index contributed by atoms with van der Waals surface area (Å²) in [5.41, 5.74) is 0. The summed E-state index contributed by atoms with van der Waals surface area (Å²) < 4.78 is 5.01. The van der Waals surface area contributed by atoms with Crippen LogP contribution in [-0.4, -0.2) is 81.6 Å². The molecule has 0 bridgehead atoms. The third-order valence-electron chi connectivity index (χ3n) is 1.31. The fourth-order valence-electron chi connectivity index (χ4n) is 0.693. The van der Waals surface area contributed by atoms with E-state index >= 15 is 0 Å². The number of hydrogen-bond acceptors (Lipinski definition) is 1. The summed E-state index contributed by atoms with van der Waals surface area (Å²) in [4.78, 5) is 0. The van der Waals surface area contributed by atoms with Gasteiger partial charge in [-0.3, -0.25) is 0 Å². The molecule has 12 heteroatoms. The van der Waals surface area contributed by atoms with Crippen molar-refractivity contribution < 1.29 is 4.65 Å². The summed E-state index contributed by atoms with van der Waals surface area (Å²) in [6.07, 6.45) is 0. The molecule has 1 nitrogen and oxygen atoms in total. The van der Waals surface area contributed by atoms with Crippen molar-refractivity contribution in [2.45, 2.75) is 6.92 Å². The first-order valence-electron chi connectivity index (χ1n) is 4.81. The van der Waals surface area contributed by atoms with E-state index in [2.05, 4.69) is 0 Å².